The lowest BCUT2D eigenvalue weighted by Crippen LogP contribution is -2.45. The number of aromatic nitrogens is 1. The fraction of sp³-hybridized carbons (Fsp3) is 0.346. The molecule has 0 radical (unpaired) electrons. The summed E-state index contributed by atoms with van der Waals surface area (Å²) in [5, 5.41) is 3.78. The van der Waals surface area contributed by atoms with Crippen molar-refractivity contribution in [2.24, 2.45) is 5.92 Å². The number of halogens is 1. The highest BCUT2D eigenvalue weighted by Crippen LogP contribution is 2.49. The van der Waals surface area contributed by atoms with Crippen molar-refractivity contribution in [2.45, 2.75) is 31.8 Å². The fourth-order valence-electron chi connectivity index (χ4n) is 5.11. The molecule has 1 aliphatic carbocycles. The predicted octanol–water partition coefficient (Wildman–Crippen LogP) is 4.06. The van der Waals surface area contributed by atoms with E-state index in [0.717, 1.165) is 28.3 Å². The van der Waals surface area contributed by atoms with Gasteiger partial charge >= 0.3 is 0 Å². The molecular weight excluding hydrogens is 469 g/mol. The van der Waals surface area contributed by atoms with E-state index in [1.54, 1.807) is 30.3 Å². The average molecular weight is 494 g/mol. The Balaban J connectivity index is 1.21. The van der Waals surface area contributed by atoms with E-state index in [1.807, 2.05) is 11.8 Å². The molecule has 3 aromatic rings. The molecule has 0 bridgehead atoms. The Morgan fingerprint density at radius 1 is 1.14 bits per heavy atom. The summed E-state index contributed by atoms with van der Waals surface area (Å²) in [6, 6.07) is 11.4. The van der Waals surface area contributed by atoms with E-state index in [0.29, 0.717) is 48.4 Å². The number of nitrogens with one attached hydrogen (secondary N) is 1. The van der Waals surface area contributed by atoms with Gasteiger partial charge in [0.25, 0.3) is 11.8 Å². The quantitative estimate of drug-likeness (QED) is 0.580. The maximum absolute atomic E-state index is 13.7. The van der Waals surface area contributed by atoms with Crippen LogP contribution in [0.2, 0.25) is 0 Å². The molecule has 1 aromatic heterocycles. The molecule has 6 rings (SSSR count). The van der Waals surface area contributed by atoms with Crippen LogP contribution in [-0.4, -0.2) is 53.5 Å². The Morgan fingerprint density at radius 2 is 1.94 bits per heavy atom. The van der Waals surface area contributed by atoms with Gasteiger partial charge in [0, 0.05) is 12.6 Å². The lowest BCUT2D eigenvalue weighted by atomic mass is 10.1. The van der Waals surface area contributed by atoms with Crippen LogP contribution >= 0.6 is 11.3 Å². The van der Waals surface area contributed by atoms with Crippen LogP contribution in [0, 0.1) is 18.7 Å². The molecule has 1 saturated heterocycles. The number of nitrogens with zero attached hydrogens (tertiary/aromatic N) is 2. The normalized spacial score (nSPS) is 22.0. The molecule has 0 spiro atoms. The Morgan fingerprint density at radius 3 is 2.77 bits per heavy atom. The Kier molecular flexibility index (Phi) is 5.44. The number of carbonyl (C=O) groups excluding carboxylic acids is 2. The Hall–Kier alpha value is -3.46. The van der Waals surface area contributed by atoms with Crippen LogP contribution in [0.5, 0.6) is 11.5 Å². The minimum atomic E-state index is -0.323. The van der Waals surface area contributed by atoms with Gasteiger partial charge in [-0.1, -0.05) is 18.2 Å². The van der Waals surface area contributed by atoms with E-state index in [2.05, 4.69) is 10.3 Å². The van der Waals surface area contributed by atoms with Crippen LogP contribution in [0.1, 0.15) is 38.7 Å². The van der Waals surface area contributed by atoms with Gasteiger partial charge < -0.3 is 19.7 Å². The van der Waals surface area contributed by atoms with Gasteiger partial charge in [0.2, 0.25) is 0 Å². The van der Waals surface area contributed by atoms with Gasteiger partial charge in [-0.05, 0) is 55.5 Å². The van der Waals surface area contributed by atoms with Crippen molar-refractivity contribution in [3.8, 4) is 21.9 Å². The number of para-hydroxylation sites is 1. The van der Waals surface area contributed by atoms with Crippen molar-refractivity contribution in [3.63, 3.8) is 0 Å². The number of rotatable bonds is 5. The summed E-state index contributed by atoms with van der Waals surface area (Å²) in [7, 11) is 0. The topological polar surface area (TPSA) is 80.8 Å². The Labute approximate surface area is 205 Å². The zero-order valence-electron chi connectivity index (χ0n) is 19.1. The SMILES string of the molecule is Cc1nc(C(=O)N2[C@H](CNC(=O)c3cccc4c3OCCO4)C[C@@H]3C[C@@H]32)c(-c2ccc(F)cc2)s1. The van der Waals surface area contributed by atoms with Crippen LogP contribution in [0.15, 0.2) is 42.5 Å². The van der Waals surface area contributed by atoms with Gasteiger partial charge in [-0.25, -0.2) is 9.37 Å². The molecule has 1 N–H and O–H groups in total. The maximum Gasteiger partial charge on any atom is 0.274 e. The van der Waals surface area contributed by atoms with Crippen molar-refractivity contribution < 1.29 is 23.5 Å². The van der Waals surface area contributed by atoms with Gasteiger partial charge in [0.15, 0.2) is 11.5 Å². The third-order valence-corrected chi connectivity index (χ3v) is 7.82. The van der Waals surface area contributed by atoms with E-state index in [4.69, 9.17) is 9.47 Å². The van der Waals surface area contributed by atoms with E-state index in [1.165, 1.54) is 23.5 Å². The van der Waals surface area contributed by atoms with Crippen molar-refractivity contribution in [3.05, 3.63) is 64.5 Å². The van der Waals surface area contributed by atoms with Gasteiger partial charge in [-0.15, -0.1) is 11.3 Å². The monoisotopic (exact) mass is 493 g/mol. The molecule has 2 aliphatic heterocycles. The summed E-state index contributed by atoms with van der Waals surface area (Å²) >= 11 is 1.43. The van der Waals surface area contributed by atoms with Crippen molar-refractivity contribution in [1.82, 2.24) is 15.2 Å². The molecular formula is C26H24FN3O4S. The first-order chi connectivity index (χ1) is 17.0. The molecule has 3 atom stereocenters. The second kappa shape index (κ2) is 8.64. The average Bonchev–Trinajstić information content (AvgIpc) is 3.36. The summed E-state index contributed by atoms with van der Waals surface area (Å²) in [5.74, 6) is 0.769. The van der Waals surface area contributed by atoms with E-state index < -0.39 is 0 Å². The summed E-state index contributed by atoms with van der Waals surface area (Å²) in [6.07, 6.45) is 1.82. The molecule has 2 aromatic carbocycles. The number of piperidine rings is 1. The third kappa shape index (κ3) is 4.03. The highest BCUT2D eigenvalue weighted by molar-refractivity contribution is 7.15. The Bertz CT molecular complexity index is 1310. The fourth-order valence-corrected chi connectivity index (χ4v) is 6.02. The smallest absolute Gasteiger partial charge is 0.274 e. The number of carbonyl (C=O) groups is 2. The largest absolute Gasteiger partial charge is 0.486 e. The molecule has 35 heavy (non-hydrogen) atoms. The number of likely N-dealkylation sites (tertiary alicyclic amines) is 1. The van der Waals surface area contributed by atoms with Crippen molar-refractivity contribution >= 4 is 23.2 Å². The zero-order valence-corrected chi connectivity index (χ0v) is 19.9. The number of hydrogen-bond acceptors (Lipinski definition) is 6. The third-order valence-electron chi connectivity index (χ3n) is 6.80. The van der Waals surface area contributed by atoms with E-state index in [-0.39, 0.29) is 29.7 Å². The van der Waals surface area contributed by atoms with Gasteiger partial charge in [0.1, 0.15) is 24.7 Å². The van der Waals surface area contributed by atoms with Crippen LogP contribution in [-0.2, 0) is 0 Å². The van der Waals surface area contributed by atoms with Crippen LogP contribution in [0.3, 0.4) is 0 Å². The van der Waals surface area contributed by atoms with Crippen LogP contribution in [0.4, 0.5) is 4.39 Å². The molecule has 1 saturated carbocycles. The highest BCUT2D eigenvalue weighted by Gasteiger charge is 2.54. The van der Waals surface area contributed by atoms with Gasteiger partial charge in [-0.2, -0.15) is 0 Å². The minimum absolute atomic E-state index is 0.116. The van der Waals surface area contributed by atoms with Crippen LogP contribution in [0.25, 0.3) is 10.4 Å². The van der Waals surface area contributed by atoms with Crippen molar-refractivity contribution in [1.29, 1.82) is 0 Å². The van der Waals surface area contributed by atoms with E-state index in [9.17, 15) is 14.0 Å². The summed E-state index contributed by atoms with van der Waals surface area (Å²) < 4.78 is 24.7. The molecule has 3 aliphatic rings. The van der Waals surface area contributed by atoms with Crippen molar-refractivity contribution in [2.75, 3.05) is 19.8 Å². The van der Waals surface area contributed by atoms with Crippen LogP contribution < -0.4 is 14.8 Å². The first-order valence-electron chi connectivity index (χ1n) is 11.7. The highest BCUT2D eigenvalue weighted by atomic mass is 32.1. The number of thiazole rings is 1. The number of fused-ring (bicyclic) bond motifs is 2. The number of hydrogen-bond donors (Lipinski definition) is 1. The van der Waals surface area contributed by atoms with Gasteiger partial charge in [0.05, 0.1) is 21.5 Å². The molecule has 9 heteroatoms. The number of aryl methyl sites for hydroxylation is 1. The van der Waals surface area contributed by atoms with Gasteiger partial charge in [-0.3, -0.25) is 9.59 Å². The standard InChI is InChI=1S/C26H24FN3O4S/c1-14-29-22(24(35-14)15-5-7-17(27)8-6-15)26(32)30-18(11-16-12-20(16)30)13-28-25(31)19-3-2-4-21-23(19)34-10-9-33-21/h2-8,16,18,20H,9-13H2,1H3,(H,28,31)/t16-,18+,20+/m1/s1. The summed E-state index contributed by atoms with van der Waals surface area (Å²) in [5.41, 5.74) is 1.59. The second-order valence-corrected chi connectivity index (χ2v) is 10.3. The molecule has 7 nitrogen and oxygen atoms in total. The first kappa shape index (κ1) is 22.0. The first-order valence-corrected chi connectivity index (χ1v) is 12.5. The summed E-state index contributed by atoms with van der Waals surface area (Å²) in [6.45, 7) is 3.06. The second-order valence-electron chi connectivity index (χ2n) is 9.12. The number of ether oxygens (including phenoxy) is 2. The predicted molar refractivity (Wildman–Crippen MR) is 128 cm³/mol. The number of amides is 2. The molecule has 3 heterocycles. The molecule has 2 fully saturated rings. The lowest BCUT2D eigenvalue weighted by Gasteiger charge is -2.28. The maximum atomic E-state index is 13.7. The van der Waals surface area contributed by atoms with E-state index >= 15 is 0 Å². The zero-order chi connectivity index (χ0) is 24.1. The summed E-state index contributed by atoms with van der Waals surface area (Å²) in [4.78, 5) is 33.9. The molecule has 180 valence electrons. The molecule has 2 amide bonds. The minimum Gasteiger partial charge on any atom is -0.486 e. The lowest BCUT2D eigenvalue weighted by molar-refractivity contribution is 0.0684. The number of benzene rings is 2. The molecule has 0 unspecified atom stereocenters.